The number of hydrogen-bond acceptors (Lipinski definition) is 3. The number of carboxylic acids is 1. The van der Waals surface area contributed by atoms with Crippen LogP contribution in [0, 0.1) is 11.3 Å². The van der Waals surface area contributed by atoms with Crippen molar-refractivity contribution in [1.29, 1.82) is 0 Å². The van der Waals surface area contributed by atoms with Crippen molar-refractivity contribution < 1.29 is 19.8 Å². The highest BCUT2D eigenvalue weighted by Crippen LogP contribution is 2.22. The van der Waals surface area contributed by atoms with Gasteiger partial charge >= 0.3 is 12.0 Å². The van der Waals surface area contributed by atoms with Crippen LogP contribution in [0.25, 0.3) is 0 Å². The molecule has 1 saturated heterocycles. The van der Waals surface area contributed by atoms with E-state index < -0.39 is 23.5 Å². The Balaban J connectivity index is 2.62. The summed E-state index contributed by atoms with van der Waals surface area (Å²) in [5.74, 6) is -0.962. The predicted molar refractivity (Wildman–Crippen MR) is 70.8 cm³/mol. The Morgan fingerprint density at radius 2 is 1.95 bits per heavy atom. The fourth-order valence-corrected chi connectivity index (χ4v) is 2.23. The highest BCUT2D eigenvalue weighted by Gasteiger charge is 2.36. The van der Waals surface area contributed by atoms with E-state index in [4.69, 9.17) is 5.11 Å². The van der Waals surface area contributed by atoms with Crippen LogP contribution >= 0.6 is 0 Å². The molecule has 1 aliphatic heterocycles. The fraction of sp³-hybridized carbons (Fsp3) is 0.846. The standard InChI is InChI=1S/C13H24N2O4/c1-8(16)9-5-6-15(7-9)12(19)14-10(11(17)18)13(2,3)4/h8-10,16H,5-7H2,1-4H3,(H,14,19)(H,17,18)/t8?,9?,10-/m0/s1. The van der Waals surface area contributed by atoms with Gasteiger partial charge in [-0.1, -0.05) is 20.8 Å². The van der Waals surface area contributed by atoms with E-state index >= 15 is 0 Å². The summed E-state index contributed by atoms with van der Waals surface area (Å²) in [6.07, 6.45) is 0.300. The summed E-state index contributed by atoms with van der Waals surface area (Å²) in [5, 5.41) is 21.2. The Bertz CT molecular complexity index is 349. The van der Waals surface area contributed by atoms with Crippen LogP contribution in [0.3, 0.4) is 0 Å². The summed E-state index contributed by atoms with van der Waals surface area (Å²) in [4.78, 5) is 24.8. The van der Waals surface area contributed by atoms with Crippen molar-refractivity contribution in [1.82, 2.24) is 10.2 Å². The highest BCUT2D eigenvalue weighted by atomic mass is 16.4. The Kier molecular flexibility index (Phi) is 4.79. The second kappa shape index (κ2) is 5.77. The minimum absolute atomic E-state index is 0.0728. The van der Waals surface area contributed by atoms with E-state index in [1.165, 1.54) is 0 Å². The molecule has 1 aliphatic rings. The number of carboxylic acid groups (broad SMARTS) is 1. The van der Waals surface area contributed by atoms with Crippen molar-refractivity contribution in [2.45, 2.75) is 46.3 Å². The van der Waals surface area contributed by atoms with Crippen molar-refractivity contribution in [3.63, 3.8) is 0 Å². The molecule has 1 heterocycles. The largest absolute Gasteiger partial charge is 0.480 e. The number of amides is 2. The molecule has 2 unspecified atom stereocenters. The molecule has 0 aromatic rings. The summed E-state index contributed by atoms with van der Waals surface area (Å²) >= 11 is 0. The van der Waals surface area contributed by atoms with Gasteiger partial charge in [-0.25, -0.2) is 9.59 Å². The SMILES string of the molecule is CC(O)C1CCN(C(=O)N[C@@H](C(=O)O)C(C)(C)C)C1. The number of rotatable bonds is 3. The molecule has 19 heavy (non-hydrogen) atoms. The van der Waals surface area contributed by atoms with E-state index in [0.717, 1.165) is 6.42 Å². The van der Waals surface area contributed by atoms with Crippen LogP contribution in [0.1, 0.15) is 34.1 Å². The van der Waals surface area contributed by atoms with Crippen LogP contribution in [-0.2, 0) is 4.79 Å². The molecule has 0 bridgehead atoms. The molecular formula is C13H24N2O4. The molecule has 110 valence electrons. The second-order valence-corrected chi connectivity index (χ2v) is 6.32. The number of carbonyl (C=O) groups excluding carboxylic acids is 1. The van der Waals surface area contributed by atoms with E-state index in [-0.39, 0.29) is 11.9 Å². The molecule has 0 saturated carbocycles. The maximum atomic E-state index is 12.0. The smallest absolute Gasteiger partial charge is 0.326 e. The monoisotopic (exact) mass is 272 g/mol. The van der Waals surface area contributed by atoms with Crippen molar-refractivity contribution in [2.75, 3.05) is 13.1 Å². The Morgan fingerprint density at radius 1 is 1.37 bits per heavy atom. The lowest BCUT2D eigenvalue weighted by molar-refractivity contribution is -0.142. The van der Waals surface area contributed by atoms with Crippen LogP contribution in [0.2, 0.25) is 0 Å². The number of nitrogens with one attached hydrogen (secondary N) is 1. The summed E-state index contributed by atoms with van der Waals surface area (Å²) in [7, 11) is 0. The van der Waals surface area contributed by atoms with Crippen LogP contribution < -0.4 is 5.32 Å². The van der Waals surface area contributed by atoms with Crippen LogP contribution in [0.5, 0.6) is 0 Å². The van der Waals surface area contributed by atoms with Crippen LogP contribution in [0.15, 0.2) is 0 Å². The van der Waals surface area contributed by atoms with Gasteiger partial charge in [-0.3, -0.25) is 0 Å². The quantitative estimate of drug-likeness (QED) is 0.712. The molecule has 3 N–H and O–H groups in total. The summed E-state index contributed by atoms with van der Waals surface area (Å²) < 4.78 is 0. The van der Waals surface area contributed by atoms with Gasteiger partial charge in [0, 0.05) is 19.0 Å². The van der Waals surface area contributed by atoms with Gasteiger partial charge in [0.1, 0.15) is 6.04 Å². The maximum absolute atomic E-state index is 12.0. The maximum Gasteiger partial charge on any atom is 0.326 e. The van der Waals surface area contributed by atoms with Gasteiger partial charge in [-0.15, -0.1) is 0 Å². The van der Waals surface area contributed by atoms with Gasteiger partial charge in [0.05, 0.1) is 6.10 Å². The lowest BCUT2D eigenvalue weighted by Crippen LogP contribution is -2.53. The number of carbonyl (C=O) groups is 2. The summed E-state index contributed by atoms with van der Waals surface area (Å²) in [6.45, 7) is 8.05. The molecule has 3 atom stereocenters. The molecule has 2 amide bonds. The average Bonchev–Trinajstić information content (AvgIpc) is 2.72. The molecule has 0 aliphatic carbocycles. The second-order valence-electron chi connectivity index (χ2n) is 6.32. The first-order valence-corrected chi connectivity index (χ1v) is 6.59. The van der Waals surface area contributed by atoms with Crippen molar-refractivity contribution in [3.05, 3.63) is 0 Å². The number of aliphatic hydroxyl groups excluding tert-OH is 1. The van der Waals surface area contributed by atoms with Gasteiger partial charge in [0.25, 0.3) is 0 Å². The predicted octanol–water partition coefficient (Wildman–Crippen LogP) is 0.898. The number of urea groups is 1. The molecule has 1 fully saturated rings. The molecule has 1 rings (SSSR count). The van der Waals surface area contributed by atoms with Crippen molar-refractivity contribution in [2.24, 2.45) is 11.3 Å². The van der Waals surface area contributed by atoms with Crippen molar-refractivity contribution >= 4 is 12.0 Å². The van der Waals surface area contributed by atoms with E-state index in [0.29, 0.717) is 13.1 Å². The van der Waals surface area contributed by atoms with Gasteiger partial charge < -0.3 is 20.4 Å². The summed E-state index contributed by atoms with van der Waals surface area (Å²) in [5.41, 5.74) is -0.551. The Morgan fingerprint density at radius 3 is 2.32 bits per heavy atom. The van der Waals surface area contributed by atoms with E-state index in [9.17, 15) is 14.7 Å². The lowest BCUT2D eigenvalue weighted by atomic mass is 9.87. The third-order valence-corrected chi connectivity index (χ3v) is 3.57. The zero-order valence-corrected chi connectivity index (χ0v) is 12.0. The number of aliphatic carboxylic acids is 1. The van der Waals surface area contributed by atoms with Crippen LogP contribution in [-0.4, -0.2) is 52.3 Å². The molecule has 0 aromatic heterocycles. The van der Waals surface area contributed by atoms with Gasteiger partial charge in [-0.2, -0.15) is 0 Å². The molecule has 6 nitrogen and oxygen atoms in total. The van der Waals surface area contributed by atoms with Gasteiger partial charge in [0.15, 0.2) is 0 Å². The minimum Gasteiger partial charge on any atom is -0.480 e. The normalized spacial score (nSPS) is 23.0. The molecule has 0 radical (unpaired) electrons. The molecule has 0 aromatic carbocycles. The van der Waals surface area contributed by atoms with Crippen LogP contribution in [0.4, 0.5) is 4.79 Å². The Hall–Kier alpha value is -1.30. The third kappa shape index (κ3) is 4.09. The first-order valence-electron chi connectivity index (χ1n) is 6.59. The van der Waals surface area contributed by atoms with Gasteiger partial charge in [-0.05, 0) is 18.8 Å². The number of nitrogens with zero attached hydrogens (tertiary/aromatic N) is 1. The zero-order valence-electron chi connectivity index (χ0n) is 12.0. The van der Waals surface area contributed by atoms with Gasteiger partial charge in [0.2, 0.25) is 0 Å². The first-order chi connectivity index (χ1) is 8.62. The molecule has 6 heteroatoms. The third-order valence-electron chi connectivity index (χ3n) is 3.57. The molecular weight excluding hydrogens is 248 g/mol. The highest BCUT2D eigenvalue weighted by molar-refractivity contribution is 5.83. The first kappa shape index (κ1) is 15.8. The minimum atomic E-state index is -1.04. The zero-order chi connectivity index (χ0) is 14.8. The Labute approximate surface area is 113 Å². The number of hydrogen-bond donors (Lipinski definition) is 3. The number of aliphatic hydroxyl groups is 1. The average molecular weight is 272 g/mol. The van der Waals surface area contributed by atoms with E-state index in [2.05, 4.69) is 5.32 Å². The topological polar surface area (TPSA) is 89.9 Å². The van der Waals surface area contributed by atoms with E-state index in [1.54, 1.807) is 32.6 Å². The van der Waals surface area contributed by atoms with Crippen molar-refractivity contribution in [3.8, 4) is 0 Å². The lowest BCUT2D eigenvalue weighted by Gasteiger charge is -2.29. The van der Waals surface area contributed by atoms with E-state index in [1.807, 2.05) is 0 Å². The molecule has 0 spiro atoms. The fourth-order valence-electron chi connectivity index (χ4n) is 2.23. The summed E-state index contributed by atoms with van der Waals surface area (Å²) in [6, 6.07) is -1.30. The number of likely N-dealkylation sites (tertiary alicyclic amines) is 1.